The zero-order valence-electron chi connectivity index (χ0n) is 15.7. The van der Waals surface area contributed by atoms with Gasteiger partial charge in [-0.15, -0.1) is 12.4 Å². The highest BCUT2D eigenvalue weighted by Gasteiger charge is 2.39. The Morgan fingerprint density at radius 2 is 1.80 bits per heavy atom. The van der Waals surface area contributed by atoms with E-state index < -0.39 is 0 Å². The quantitative estimate of drug-likeness (QED) is 0.747. The summed E-state index contributed by atoms with van der Waals surface area (Å²) < 4.78 is 0. The summed E-state index contributed by atoms with van der Waals surface area (Å²) in [6, 6.07) is 0.869. The lowest BCUT2D eigenvalue weighted by Gasteiger charge is -2.34. The molecular formula is C19H34ClN3O2. The van der Waals surface area contributed by atoms with Crippen LogP contribution in [0.3, 0.4) is 0 Å². The Balaban J connectivity index is 0.00000225. The Labute approximate surface area is 158 Å². The minimum atomic E-state index is -0.117. The Hall–Kier alpha value is -0.810. The molecule has 1 unspecified atom stereocenters. The predicted molar refractivity (Wildman–Crippen MR) is 102 cm³/mol. The van der Waals surface area contributed by atoms with Crippen molar-refractivity contribution in [1.82, 2.24) is 15.1 Å². The van der Waals surface area contributed by atoms with Crippen LogP contribution in [0, 0.1) is 11.8 Å². The van der Waals surface area contributed by atoms with Crippen molar-refractivity contribution in [2.45, 2.75) is 70.9 Å². The second-order valence-corrected chi connectivity index (χ2v) is 7.87. The van der Waals surface area contributed by atoms with Crippen molar-refractivity contribution in [2.24, 2.45) is 11.8 Å². The maximum absolute atomic E-state index is 12.8. The van der Waals surface area contributed by atoms with Gasteiger partial charge in [0, 0.05) is 38.1 Å². The van der Waals surface area contributed by atoms with Crippen molar-refractivity contribution in [3.63, 3.8) is 0 Å². The number of amides is 2. The number of nitrogens with one attached hydrogen (secondary N) is 1. The number of halogens is 1. The van der Waals surface area contributed by atoms with Gasteiger partial charge >= 0.3 is 0 Å². The molecule has 6 heteroatoms. The lowest BCUT2D eigenvalue weighted by Crippen LogP contribution is -2.47. The van der Waals surface area contributed by atoms with E-state index in [4.69, 9.17) is 0 Å². The van der Waals surface area contributed by atoms with Crippen LogP contribution in [0.2, 0.25) is 0 Å². The minimum absolute atomic E-state index is 0. The number of piperidine rings is 1. The molecule has 5 nitrogen and oxygen atoms in total. The van der Waals surface area contributed by atoms with Gasteiger partial charge in [0.05, 0.1) is 5.92 Å². The number of carbonyl (C=O) groups excluding carboxylic acids is 2. The molecule has 0 radical (unpaired) electrons. The van der Waals surface area contributed by atoms with Gasteiger partial charge in [-0.05, 0) is 51.0 Å². The third kappa shape index (κ3) is 5.10. The second kappa shape index (κ2) is 9.22. The molecule has 2 saturated heterocycles. The molecule has 3 rings (SSSR count). The largest absolute Gasteiger partial charge is 0.342 e. The Kier molecular flexibility index (Phi) is 7.56. The molecule has 0 aromatic carbocycles. The number of likely N-dealkylation sites (tertiary alicyclic amines) is 2. The average molecular weight is 372 g/mol. The molecule has 0 aromatic rings. The zero-order valence-corrected chi connectivity index (χ0v) is 16.5. The topological polar surface area (TPSA) is 52.7 Å². The van der Waals surface area contributed by atoms with Crippen LogP contribution >= 0.6 is 12.4 Å². The van der Waals surface area contributed by atoms with Crippen molar-refractivity contribution >= 4 is 24.2 Å². The number of nitrogens with zero attached hydrogens (tertiary/aromatic N) is 2. The molecule has 3 aliphatic rings. The monoisotopic (exact) mass is 371 g/mol. The van der Waals surface area contributed by atoms with Gasteiger partial charge in [0.15, 0.2) is 0 Å². The normalized spacial score (nSPS) is 24.8. The van der Waals surface area contributed by atoms with Gasteiger partial charge in [0.2, 0.25) is 11.8 Å². The third-order valence-electron chi connectivity index (χ3n) is 6.09. The summed E-state index contributed by atoms with van der Waals surface area (Å²) in [5.41, 5.74) is 0. The van der Waals surface area contributed by atoms with Crippen molar-refractivity contribution in [3.05, 3.63) is 0 Å². The fourth-order valence-corrected chi connectivity index (χ4v) is 4.20. The number of hydrogen-bond acceptors (Lipinski definition) is 3. The molecule has 3 fully saturated rings. The minimum Gasteiger partial charge on any atom is -0.342 e. The van der Waals surface area contributed by atoms with Crippen LogP contribution in [0.15, 0.2) is 0 Å². The Morgan fingerprint density at radius 3 is 2.36 bits per heavy atom. The van der Waals surface area contributed by atoms with E-state index in [2.05, 4.69) is 19.2 Å². The first-order chi connectivity index (χ1) is 11.6. The lowest BCUT2D eigenvalue weighted by atomic mass is 10.0. The highest BCUT2D eigenvalue weighted by Crippen LogP contribution is 2.29. The molecule has 1 saturated carbocycles. The van der Waals surface area contributed by atoms with Gasteiger partial charge in [-0.1, -0.05) is 13.8 Å². The first-order valence-electron chi connectivity index (χ1n) is 9.94. The van der Waals surface area contributed by atoms with Crippen LogP contribution in [-0.2, 0) is 9.59 Å². The van der Waals surface area contributed by atoms with E-state index in [0.717, 1.165) is 51.2 Å². The van der Waals surface area contributed by atoms with Gasteiger partial charge in [-0.2, -0.15) is 0 Å². The van der Waals surface area contributed by atoms with Crippen molar-refractivity contribution in [1.29, 1.82) is 0 Å². The first kappa shape index (κ1) is 20.5. The summed E-state index contributed by atoms with van der Waals surface area (Å²) in [5.74, 6) is 1.17. The molecule has 1 atom stereocenters. The zero-order chi connectivity index (χ0) is 17.1. The van der Waals surface area contributed by atoms with Gasteiger partial charge < -0.3 is 15.1 Å². The first-order valence-corrected chi connectivity index (χ1v) is 9.94. The van der Waals surface area contributed by atoms with Crippen LogP contribution in [0.5, 0.6) is 0 Å². The number of rotatable bonds is 7. The van der Waals surface area contributed by atoms with Crippen LogP contribution in [-0.4, -0.2) is 59.9 Å². The van der Waals surface area contributed by atoms with E-state index in [0.29, 0.717) is 25.0 Å². The molecule has 0 aromatic heterocycles. The summed E-state index contributed by atoms with van der Waals surface area (Å²) in [4.78, 5) is 29.0. The molecule has 144 valence electrons. The molecule has 2 heterocycles. The molecular weight excluding hydrogens is 338 g/mol. The molecule has 1 N–H and O–H groups in total. The van der Waals surface area contributed by atoms with E-state index >= 15 is 0 Å². The molecule has 1 aliphatic carbocycles. The van der Waals surface area contributed by atoms with Crippen molar-refractivity contribution < 1.29 is 9.59 Å². The van der Waals surface area contributed by atoms with Crippen LogP contribution in [0.1, 0.15) is 58.8 Å². The van der Waals surface area contributed by atoms with Gasteiger partial charge in [0.1, 0.15) is 0 Å². The van der Waals surface area contributed by atoms with Crippen molar-refractivity contribution in [2.75, 3.05) is 26.2 Å². The van der Waals surface area contributed by atoms with Gasteiger partial charge in [-0.25, -0.2) is 0 Å². The number of hydrogen-bond donors (Lipinski definition) is 1. The van der Waals surface area contributed by atoms with Crippen LogP contribution in [0.4, 0.5) is 0 Å². The standard InChI is InChI=1S/C19H33N3O2.ClH/c1-3-17(4-2)22-13-15(11-18(22)23)19(24)21-9-7-16(8-10-21)20-12-14-5-6-14;/h14-17,20H,3-13H2,1-2H3;1H. The predicted octanol–water partition coefficient (Wildman–Crippen LogP) is 2.44. The molecule has 2 aliphatic heterocycles. The van der Waals surface area contributed by atoms with E-state index in [1.54, 1.807) is 0 Å². The summed E-state index contributed by atoms with van der Waals surface area (Å²) >= 11 is 0. The maximum atomic E-state index is 12.8. The van der Waals surface area contributed by atoms with Crippen molar-refractivity contribution in [3.8, 4) is 0 Å². The highest BCUT2D eigenvalue weighted by molar-refractivity contribution is 5.89. The maximum Gasteiger partial charge on any atom is 0.227 e. The summed E-state index contributed by atoms with van der Waals surface area (Å²) in [7, 11) is 0. The van der Waals surface area contributed by atoms with Crippen LogP contribution < -0.4 is 5.32 Å². The summed E-state index contributed by atoms with van der Waals surface area (Å²) in [6.07, 6.45) is 7.22. The third-order valence-corrected chi connectivity index (χ3v) is 6.09. The molecule has 25 heavy (non-hydrogen) atoms. The van der Waals surface area contributed by atoms with Gasteiger partial charge in [-0.3, -0.25) is 9.59 Å². The molecule has 2 amide bonds. The molecule has 0 bridgehead atoms. The highest BCUT2D eigenvalue weighted by atomic mass is 35.5. The summed E-state index contributed by atoms with van der Waals surface area (Å²) in [6.45, 7) is 7.71. The van der Waals surface area contributed by atoms with E-state index in [9.17, 15) is 9.59 Å². The average Bonchev–Trinajstić information content (AvgIpc) is 3.36. The second-order valence-electron chi connectivity index (χ2n) is 7.87. The lowest BCUT2D eigenvalue weighted by molar-refractivity contribution is -0.136. The fraction of sp³-hybridized carbons (Fsp3) is 0.895. The smallest absolute Gasteiger partial charge is 0.227 e. The fourth-order valence-electron chi connectivity index (χ4n) is 4.20. The Bertz CT molecular complexity index is 458. The van der Waals surface area contributed by atoms with Crippen LogP contribution in [0.25, 0.3) is 0 Å². The van der Waals surface area contributed by atoms with E-state index in [1.165, 1.54) is 12.8 Å². The Morgan fingerprint density at radius 1 is 1.16 bits per heavy atom. The number of carbonyl (C=O) groups is 2. The van der Waals surface area contributed by atoms with Gasteiger partial charge in [0.25, 0.3) is 0 Å². The molecule has 0 spiro atoms. The van der Waals surface area contributed by atoms with E-state index in [-0.39, 0.29) is 30.1 Å². The van der Waals surface area contributed by atoms with E-state index in [1.807, 2.05) is 9.80 Å². The SMILES string of the molecule is CCC(CC)N1CC(C(=O)N2CCC(NCC3CC3)CC2)CC1=O.Cl. The summed E-state index contributed by atoms with van der Waals surface area (Å²) in [5, 5.41) is 3.66.